The van der Waals surface area contributed by atoms with E-state index in [1.165, 1.54) is 38.9 Å². The first-order valence-electron chi connectivity index (χ1n) is 4.87. The van der Waals surface area contributed by atoms with Gasteiger partial charge in [0.2, 0.25) is 0 Å². The van der Waals surface area contributed by atoms with Crippen LogP contribution in [0, 0.1) is 0 Å². The van der Waals surface area contributed by atoms with Crippen LogP contribution in [0.4, 0.5) is 0 Å². The van der Waals surface area contributed by atoms with Gasteiger partial charge in [0.1, 0.15) is 0 Å². The highest BCUT2D eigenvalue weighted by molar-refractivity contribution is 4.96. The Kier molecular flexibility index (Phi) is 2.14. The summed E-state index contributed by atoms with van der Waals surface area (Å²) in [5, 5.41) is 3.52. The first-order chi connectivity index (χ1) is 5.40. The van der Waals surface area contributed by atoms with E-state index in [0.29, 0.717) is 0 Å². The predicted molar refractivity (Wildman–Crippen MR) is 46.7 cm³/mol. The largest absolute Gasteiger partial charge is 0.311 e. The van der Waals surface area contributed by atoms with Crippen LogP contribution in [0.1, 0.15) is 26.2 Å². The molecule has 0 aliphatic carbocycles. The second kappa shape index (κ2) is 3.11. The minimum Gasteiger partial charge on any atom is -0.311 e. The summed E-state index contributed by atoms with van der Waals surface area (Å²) in [5.74, 6) is 0. The number of piperazine rings is 1. The highest BCUT2D eigenvalue weighted by atomic mass is 15.3. The SMILES string of the molecule is CCCCN1C[C@@H]2C[C@H]1CN2. The smallest absolute Gasteiger partial charge is 0.0236 e. The Hall–Kier alpha value is -0.0800. The third-order valence-corrected chi connectivity index (χ3v) is 2.97. The first-order valence-corrected chi connectivity index (χ1v) is 4.87. The number of unbranched alkanes of at least 4 members (excludes halogenated alkanes) is 1. The van der Waals surface area contributed by atoms with Gasteiger partial charge in [-0.1, -0.05) is 13.3 Å². The van der Waals surface area contributed by atoms with Crippen LogP contribution >= 0.6 is 0 Å². The fourth-order valence-electron chi connectivity index (χ4n) is 2.28. The molecule has 0 aromatic rings. The topological polar surface area (TPSA) is 15.3 Å². The summed E-state index contributed by atoms with van der Waals surface area (Å²) in [7, 11) is 0. The van der Waals surface area contributed by atoms with Gasteiger partial charge in [0.25, 0.3) is 0 Å². The third kappa shape index (κ3) is 1.42. The van der Waals surface area contributed by atoms with Crippen molar-refractivity contribution in [3.63, 3.8) is 0 Å². The molecule has 2 heterocycles. The molecule has 2 aliphatic rings. The van der Waals surface area contributed by atoms with Gasteiger partial charge in [-0.05, 0) is 19.4 Å². The van der Waals surface area contributed by atoms with E-state index >= 15 is 0 Å². The Balaban J connectivity index is 1.78. The molecule has 2 atom stereocenters. The molecular formula is C9H18N2. The Bertz CT molecular complexity index is 136. The zero-order valence-corrected chi connectivity index (χ0v) is 7.34. The van der Waals surface area contributed by atoms with Crippen molar-refractivity contribution in [2.75, 3.05) is 19.6 Å². The van der Waals surface area contributed by atoms with E-state index in [1.54, 1.807) is 0 Å². The fourth-order valence-corrected chi connectivity index (χ4v) is 2.28. The van der Waals surface area contributed by atoms with E-state index < -0.39 is 0 Å². The number of hydrogen-bond acceptors (Lipinski definition) is 2. The van der Waals surface area contributed by atoms with Crippen LogP contribution in [0.2, 0.25) is 0 Å². The normalized spacial score (nSPS) is 36.8. The van der Waals surface area contributed by atoms with Crippen LogP contribution < -0.4 is 5.32 Å². The lowest BCUT2D eigenvalue weighted by Crippen LogP contribution is -2.43. The fraction of sp³-hybridized carbons (Fsp3) is 1.00. The average molecular weight is 154 g/mol. The number of nitrogens with one attached hydrogen (secondary N) is 1. The summed E-state index contributed by atoms with van der Waals surface area (Å²) >= 11 is 0. The van der Waals surface area contributed by atoms with Crippen molar-refractivity contribution >= 4 is 0 Å². The zero-order valence-electron chi connectivity index (χ0n) is 7.34. The van der Waals surface area contributed by atoms with Crippen molar-refractivity contribution in [3.8, 4) is 0 Å². The van der Waals surface area contributed by atoms with Gasteiger partial charge in [-0.15, -0.1) is 0 Å². The highest BCUT2D eigenvalue weighted by Gasteiger charge is 2.36. The van der Waals surface area contributed by atoms with E-state index in [2.05, 4.69) is 17.1 Å². The van der Waals surface area contributed by atoms with Gasteiger partial charge in [0, 0.05) is 25.2 Å². The molecule has 2 fully saturated rings. The summed E-state index contributed by atoms with van der Waals surface area (Å²) in [4.78, 5) is 2.66. The molecule has 2 nitrogen and oxygen atoms in total. The summed E-state index contributed by atoms with van der Waals surface area (Å²) in [6, 6.07) is 1.71. The van der Waals surface area contributed by atoms with Gasteiger partial charge in [-0.25, -0.2) is 0 Å². The molecule has 2 rings (SSSR count). The van der Waals surface area contributed by atoms with E-state index in [1.807, 2.05) is 0 Å². The van der Waals surface area contributed by atoms with Crippen molar-refractivity contribution in [3.05, 3.63) is 0 Å². The molecule has 2 bridgehead atoms. The summed E-state index contributed by atoms with van der Waals surface area (Å²) in [5.41, 5.74) is 0. The number of fused-ring (bicyclic) bond motifs is 2. The number of rotatable bonds is 3. The standard InChI is InChI=1S/C9H18N2/c1-2-3-4-11-7-8-5-9(11)6-10-8/h8-10H,2-7H2,1H3/t8-,9-/m0/s1. The Morgan fingerprint density at radius 3 is 3.00 bits per heavy atom. The second-order valence-corrected chi connectivity index (χ2v) is 3.84. The molecule has 0 saturated carbocycles. The van der Waals surface area contributed by atoms with Crippen LogP contribution in [-0.2, 0) is 0 Å². The Morgan fingerprint density at radius 2 is 2.45 bits per heavy atom. The molecule has 0 aromatic heterocycles. The maximum absolute atomic E-state index is 3.52. The van der Waals surface area contributed by atoms with Crippen molar-refractivity contribution in [1.82, 2.24) is 10.2 Å². The minimum absolute atomic E-state index is 0.830. The summed E-state index contributed by atoms with van der Waals surface area (Å²) in [6.07, 6.45) is 4.12. The number of hydrogen-bond donors (Lipinski definition) is 1. The molecule has 64 valence electrons. The van der Waals surface area contributed by atoms with Gasteiger partial charge in [-0.2, -0.15) is 0 Å². The van der Waals surface area contributed by atoms with E-state index in [4.69, 9.17) is 0 Å². The summed E-state index contributed by atoms with van der Waals surface area (Å²) in [6.45, 7) is 6.16. The van der Waals surface area contributed by atoms with Crippen LogP contribution in [0.15, 0.2) is 0 Å². The van der Waals surface area contributed by atoms with E-state index in [9.17, 15) is 0 Å². The van der Waals surface area contributed by atoms with Crippen LogP contribution in [0.25, 0.3) is 0 Å². The lowest BCUT2D eigenvalue weighted by Gasteiger charge is -2.26. The zero-order chi connectivity index (χ0) is 7.68. The molecule has 11 heavy (non-hydrogen) atoms. The molecule has 0 radical (unpaired) electrons. The van der Waals surface area contributed by atoms with Crippen molar-refractivity contribution < 1.29 is 0 Å². The van der Waals surface area contributed by atoms with Crippen LogP contribution in [0.5, 0.6) is 0 Å². The van der Waals surface area contributed by atoms with E-state index in [-0.39, 0.29) is 0 Å². The lowest BCUT2D eigenvalue weighted by atomic mass is 10.2. The van der Waals surface area contributed by atoms with Crippen molar-refractivity contribution in [1.29, 1.82) is 0 Å². The van der Waals surface area contributed by atoms with Crippen molar-refractivity contribution in [2.24, 2.45) is 0 Å². The molecule has 2 heteroatoms. The van der Waals surface area contributed by atoms with Gasteiger partial charge in [0.05, 0.1) is 0 Å². The number of nitrogens with zero attached hydrogens (tertiary/aromatic N) is 1. The molecule has 1 N–H and O–H groups in total. The van der Waals surface area contributed by atoms with Crippen LogP contribution in [-0.4, -0.2) is 36.6 Å². The highest BCUT2D eigenvalue weighted by Crippen LogP contribution is 2.22. The third-order valence-electron chi connectivity index (χ3n) is 2.97. The predicted octanol–water partition coefficient (Wildman–Crippen LogP) is 0.833. The van der Waals surface area contributed by atoms with Gasteiger partial charge < -0.3 is 5.32 Å². The second-order valence-electron chi connectivity index (χ2n) is 3.84. The molecule has 2 saturated heterocycles. The average Bonchev–Trinajstić information content (AvgIpc) is 2.60. The van der Waals surface area contributed by atoms with E-state index in [0.717, 1.165) is 12.1 Å². The van der Waals surface area contributed by atoms with Gasteiger partial charge in [-0.3, -0.25) is 4.90 Å². The lowest BCUT2D eigenvalue weighted by molar-refractivity contribution is 0.223. The molecular weight excluding hydrogens is 136 g/mol. The molecule has 0 unspecified atom stereocenters. The maximum atomic E-state index is 3.52. The Labute approximate surface area is 69.0 Å². The van der Waals surface area contributed by atoms with Crippen molar-refractivity contribution in [2.45, 2.75) is 38.3 Å². The Morgan fingerprint density at radius 1 is 1.55 bits per heavy atom. The molecule has 0 spiro atoms. The molecule has 0 aromatic carbocycles. The quantitative estimate of drug-likeness (QED) is 0.648. The monoisotopic (exact) mass is 154 g/mol. The minimum atomic E-state index is 0.830. The maximum Gasteiger partial charge on any atom is 0.0236 e. The number of likely N-dealkylation sites (tertiary alicyclic amines) is 1. The molecule has 0 amide bonds. The molecule has 2 aliphatic heterocycles. The first kappa shape index (κ1) is 7.56. The summed E-state index contributed by atoms with van der Waals surface area (Å²) < 4.78 is 0. The van der Waals surface area contributed by atoms with Gasteiger partial charge in [0.15, 0.2) is 0 Å². The van der Waals surface area contributed by atoms with Crippen LogP contribution in [0.3, 0.4) is 0 Å². The van der Waals surface area contributed by atoms with Gasteiger partial charge >= 0.3 is 0 Å².